The molecular weight excluding hydrogens is 346 g/mol. The standard InChI is InChI=1S/C21H33NO5/c1-4-7-8-9-15-22(16-14-21(24)26-6-3)20(23)17-27-19-12-10-18(11-13-19)25-5-2/h10-13H,4-9,14-17H2,1-3H3. The molecule has 0 saturated heterocycles. The van der Waals surface area contributed by atoms with Crippen LogP contribution in [0.1, 0.15) is 52.9 Å². The van der Waals surface area contributed by atoms with Crippen molar-refractivity contribution in [3.05, 3.63) is 24.3 Å². The number of nitrogens with zero attached hydrogens (tertiary/aromatic N) is 1. The number of benzene rings is 1. The Morgan fingerprint density at radius 3 is 2.11 bits per heavy atom. The van der Waals surface area contributed by atoms with Crippen molar-refractivity contribution in [1.82, 2.24) is 4.90 Å². The lowest BCUT2D eigenvalue weighted by atomic mass is 10.2. The third-order valence-electron chi connectivity index (χ3n) is 4.02. The molecule has 0 atom stereocenters. The number of esters is 1. The van der Waals surface area contributed by atoms with Crippen molar-refractivity contribution in [1.29, 1.82) is 0 Å². The Labute approximate surface area is 162 Å². The number of hydrogen-bond donors (Lipinski definition) is 0. The summed E-state index contributed by atoms with van der Waals surface area (Å²) in [4.78, 5) is 25.8. The molecule has 0 saturated carbocycles. The van der Waals surface area contributed by atoms with Gasteiger partial charge in [-0.1, -0.05) is 26.2 Å². The Balaban J connectivity index is 2.52. The highest BCUT2D eigenvalue weighted by Gasteiger charge is 2.16. The number of amides is 1. The lowest BCUT2D eigenvalue weighted by Crippen LogP contribution is -2.37. The zero-order chi connectivity index (χ0) is 19.9. The summed E-state index contributed by atoms with van der Waals surface area (Å²) in [6.07, 6.45) is 4.47. The van der Waals surface area contributed by atoms with Gasteiger partial charge in [0, 0.05) is 13.1 Å². The Morgan fingerprint density at radius 2 is 1.52 bits per heavy atom. The van der Waals surface area contributed by atoms with E-state index in [1.165, 1.54) is 0 Å². The fraction of sp³-hybridized carbons (Fsp3) is 0.619. The highest BCUT2D eigenvalue weighted by Crippen LogP contribution is 2.17. The molecule has 0 aromatic heterocycles. The molecule has 0 spiro atoms. The molecule has 152 valence electrons. The number of unbranched alkanes of at least 4 members (excludes halogenated alkanes) is 3. The topological polar surface area (TPSA) is 65.1 Å². The average molecular weight is 379 g/mol. The molecule has 0 heterocycles. The molecule has 27 heavy (non-hydrogen) atoms. The molecule has 6 nitrogen and oxygen atoms in total. The molecular formula is C21H33NO5. The van der Waals surface area contributed by atoms with Crippen LogP contribution in [0.5, 0.6) is 11.5 Å². The van der Waals surface area contributed by atoms with Crippen LogP contribution in [0.15, 0.2) is 24.3 Å². The summed E-state index contributed by atoms with van der Waals surface area (Å²) in [6, 6.07) is 7.18. The van der Waals surface area contributed by atoms with Crippen molar-refractivity contribution in [3.63, 3.8) is 0 Å². The van der Waals surface area contributed by atoms with Gasteiger partial charge in [-0.05, 0) is 44.5 Å². The maximum atomic E-state index is 12.5. The van der Waals surface area contributed by atoms with Gasteiger partial charge in [-0.15, -0.1) is 0 Å². The predicted octanol–water partition coefficient (Wildman–Crippen LogP) is 3.83. The Morgan fingerprint density at radius 1 is 0.852 bits per heavy atom. The molecule has 0 radical (unpaired) electrons. The van der Waals surface area contributed by atoms with Crippen LogP contribution in [-0.2, 0) is 14.3 Å². The van der Waals surface area contributed by atoms with Crippen molar-refractivity contribution in [2.75, 3.05) is 32.9 Å². The molecule has 0 bridgehead atoms. The van der Waals surface area contributed by atoms with E-state index in [0.717, 1.165) is 31.4 Å². The fourth-order valence-electron chi connectivity index (χ4n) is 2.59. The van der Waals surface area contributed by atoms with Gasteiger partial charge in [0.15, 0.2) is 6.61 Å². The fourth-order valence-corrected chi connectivity index (χ4v) is 2.59. The molecule has 0 N–H and O–H groups in total. The lowest BCUT2D eigenvalue weighted by molar-refractivity contribution is -0.144. The van der Waals surface area contributed by atoms with Gasteiger partial charge in [-0.25, -0.2) is 0 Å². The summed E-state index contributed by atoms with van der Waals surface area (Å²) >= 11 is 0. The molecule has 0 fully saturated rings. The van der Waals surface area contributed by atoms with E-state index in [4.69, 9.17) is 14.2 Å². The second-order valence-corrected chi connectivity index (χ2v) is 6.19. The lowest BCUT2D eigenvalue weighted by Gasteiger charge is -2.22. The van der Waals surface area contributed by atoms with E-state index >= 15 is 0 Å². The molecule has 6 heteroatoms. The molecule has 1 rings (SSSR count). The molecule has 0 unspecified atom stereocenters. The maximum absolute atomic E-state index is 12.5. The van der Waals surface area contributed by atoms with Crippen LogP contribution in [0, 0.1) is 0 Å². The molecule has 1 aromatic rings. The average Bonchev–Trinajstić information content (AvgIpc) is 2.67. The van der Waals surface area contributed by atoms with E-state index in [-0.39, 0.29) is 24.9 Å². The van der Waals surface area contributed by atoms with Crippen molar-refractivity contribution in [2.45, 2.75) is 52.9 Å². The molecule has 0 aliphatic carbocycles. The van der Waals surface area contributed by atoms with Crippen LogP contribution < -0.4 is 9.47 Å². The summed E-state index contributed by atoms with van der Waals surface area (Å²) in [5.74, 6) is 0.979. The quantitative estimate of drug-likeness (QED) is 0.363. The van der Waals surface area contributed by atoms with Crippen LogP contribution in [0.3, 0.4) is 0 Å². The van der Waals surface area contributed by atoms with Gasteiger partial charge in [-0.3, -0.25) is 9.59 Å². The number of carbonyl (C=O) groups excluding carboxylic acids is 2. The molecule has 1 amide bonds. The summed E-state index contributed by atoms with van der Waals surface area (Å²) in [6.45, 7) is 7.74. The third kappa shape index (κ3) is 9.87. The van der Waals surface area contributed by atoms with Gasteiger partial charge in [-0.2, -0.15) is 0 Å². The second-order valence-electron chi connectivity index (χ2n) is 6.19. The number of rotatable bonds is 14. The number of hydrogen-bond acceptors (Lipinski definition) is 5. The Hall–Kier alpha value is -2.24. The largest absolute Gasteiger partial charge is 0.494 e. The van der Waals surface area contributed by atoms with Gasteiger partial charge in [0.05, 0.1) is 19.6 Å². The van der Waals surface area contributed by atoms with Crippen molar-refractivity contribution in [2.24, 2.45) is 0 Å². The van der Waals surface area contributed by atoms with Gasteiger partial charge in [0.2, 0.25) is 0 Å². The first-order valence-electron chi connectivity index (χ1n) is 9.89. The van der Waals surface area contributed by atoms with Crippen molar-refractivity contribution < 1.29 is 23.8 Å². The minimum atomic E-state index is -0.281. The minimum Gasteiger partial charge on any atom is -0.494 e. The van der Waals surface area contributed by atoms with Gasteiger partial charge >= 0.3 is 5.97 Å². The van der Waals surface area contributed by atoms with Crippen molar-refractivity contribution in [3.8, 4) is 11.5 Å². The van der Waals surface area contributed by atoms with Crippen LogP contribution in [0.25, 0.3) is 0 Å². The first-order chi connectivity index (χ1) is 13.1. The monoisotopic (exact) mass is 379 g/mol. The van der Waals surface area contributed by atoms with E-state index in [9.17, 15) is 9.59 Å². The highest BCUT2D eigenvalue weighted by atomic mass is 16.5. The van der Waals surface area contributed by atoms with Gasteiger partial charge in [0.25, 0.3) is 5.91 Å². The van der Waals surface area contributed by atoms with Crippen LogP contribution >= 0.6 is 0 Å². The van der Waals surface area contributed by atoms with Crippen LogP contribution in [-0.4, -0.2) is 49.7 Å². The Kier molecular flexibility index (Phi) is 11.7. The normalized spacial score (nSPS) is 10.3. The van der Waals surface area contributed by atoms with Gasteiger partial charge in [0.1, 0.15) is 11.5 Å². The van der Waals surface area contributed by atoms with Crippen LogP contribution in [0.4, 0.5) is 0 Å². The summed E-state index contributed by atoms with van der Waals surface area (Å²) in [5.41, 5.74) is 0. The van der Waals surface area contributed by atoms with E-state index < -0.39 is 0 Å². The first-order valence-corrected chi connectivity index (χ1v) is 9.89. The Bertz CT molecular complexity index is 544. The molecule has 0 aliphatic heterocycles. The number of ether oxygens (including phenoxy) is 3. The predicted molar refractivity (Wildman–Crippen MR) is 105 cm³/mol. The number of carbonyl (C=O) groups is 2. The zero-order valence-corrected chi connectivity index (χ0v) is 16.9. The summed E-state index contributed by atoms with van der Waals surface area (Å²) in [7, 11) is 0. The van der Waals surface area contributed by atoms with Gasteiger partial charge < -0.3 is 19.1 Å². The second kappa shape index (κ2) is 13.9. The molecule has 1 aromatic carbocycles. The minimum absolute atomic E-state index is 0.0510. The molecule has 0 aliphatic rings. The van der Waals surface area contributed by atoms with E-state index in [2.05, 4.69) is 6.92 Å². The third-order valence-corrected chi connectivity index (χ3v) is 4.02. The summed E-state index contributed by atoms with van der Waals surface area (Å²) < 4.78 is 15.9. The SMILES string of the molecule is CCCCCCN(CCC(=O)OCC)C(=O)COc1ccc(OCC)cc1. The highest BCUT2D eigenvalue weighted by molar-refractivity contribution is 5.78. The van der Waals surface area contributed by atoms with E-state index in [1.54, 1.807) is 24.0 Å². The van der Waals surface area contributed by atoms with Crippen molar-refractivity contribution >= 4 is 11.9 Å². The smallest absolute Gasteiger partial charge is 0.307 e. The summed E-state index contributed by atoms with van der Waals surface area (Å²) in [5, 5.41) is 0. The van der Waals surface area contributed by atoms with E-state index in [0.29, 0.717) is 32.1 Å². The van der Waals surface area contributed by atoms with E-state index in [1.807, 2.05) is 19.1 Å². The zero-order valence-electron chi connectivity index (χ0n) is 16.9. The maximum Gasteiger partial charge on any atom is 0.307 e. The first kappa shape index (κ1) is 22.8. The van der Waals surface area contributed by atoms with Crippen LogP contribution in [0.2, 0.25) is 0 Å².